The first-order chi connectivity index (χ1) is 16.9. The summed E-state index contributed by atoms with van der Waals surface area (Å²) in [5, 5.41) is 0.844. The molecule has 0 aromatic heterocycles. The first-order valence-corrected chi connectivity index (χ1v) is 12.0. The Morgan fingerprint density at radius 1 is 0.714 bits per heavy atom. The monoisotopic (exact) mass is 502 g/mol. The maximum Gasteiger partial charge on any atom is 0.343 e. The van der Waals surface area contributed by atoms with E-state index in [9.17, 15) is 14.4 Å². The highest BCUT2D eigenvalue weighted by atomic mass is 35.5. The normalized spacial score (nSPS) is 10.8. The van der Waals surface area contributed by atoms with Crippen molar-refractivity contribution in [2.75, 3.05) is 0 Å². The van der Waals surface area contributed by atoms with Gasteiger partial charge in [-0.1, -0.05) is 60.1 Å². The predicted molar refractivity (Wildman–Crippen MR) is 138 cm³/mol. The maximum atomic E-state index is 13.1. The molecule has 5 nitrogen and oxygen atoms in total. The van der Waals surface area contributed by atoms with Gasteiger partial charge in [0.15, 0.2) is 5.52 Å². The van der Waals surface area contributed by atoms with Crippen molar-refractivity contribution in [1.29, 1.82) is 0 Å². The molecule has 0 saturated carbocycles. The topological polar surface area (TPSA) is 69.7 Å². The van der Waals surface area contributed by atoms with Crippen molar-refractivity contribution in [2.45, 2.75) is 6.92 Å². The van der Waals surface area contributed by atoms with Crippen molar-refractivity contribution in [3.63, 3.8) is 0 Å². The van der Waals surface area contributed by atoms with E-state index < -0.39 is 11.9 Å². The second-order valence-electron chi connectivity index (χ2n) is 7.55. The van der Waals surface area contributed by atoms with Gasteiger partial charge in [0.2, 0.25) is 0 Å². The van der Waals surface area contributed by atoms with Crippen LogP contribution in [0.15, 0.2) is 97.1 Å². The lowest BCUT2D eigenvalue weighted by atomic mass is 10.1. The lowest BCUT2D eigenvalue weighted by molar-refractivity contribution is 0.0733. The smallest absolute Gasteiger partial charge is 0.343 e. The van der Waals surface area contributed by atoms with Crippen LogP contribution in [-0.2, 0) is 0 Å². The molecule has 0 aliphatic rings. The van der Waals surface area contributed by atoms with Gasteiger partial charge in [-0.05, 0) is 63.5 Å². The minimum Gasteiger partial charge on any atom is -0.423 e. The number of halogens is 1. The van der Waals surface area contributed by atoms with Crippen LogP contribution in [0, 0.1) is 6.92 Å². The molecule has 0 saturated heterocycles. The third-order valence-electron chi connectivity index (χ3n) is 5.08. The number of carbonyl (C=O) groups is 3. The molecule has 0 amide bonds. The van der Waals surface area contributed by atoms with Crippen LogP contribution < -0.4 is 14.8 Å². The first kappa shape index (κ1) is 24.3. The second kappa shape index (κ2) is 11.1. The van der Waals surface area contributed by atoms with Crippen LogP contribution in [0.4, 0.5) is 0 Å². The number of carbonyl (C=O) groups excluding carboxylic acids is 3. The van der Waals surface area contributed by atoms with E-state index in [1.165, 1.54) is 6.07 Å². The van der Waals surface area contributed by atoms with Crippen LogP contribution in [0.5, 0.6) is 11.5 Å². The van der Waals surface area contributed by atoms with E-state index in [4.69, 9.17) is 21.1 Å². The number of ether oxygens (including phenoxy) is 2. The van der Waals surface area contributed by atoms with Gasteiger partial charge in [-0.3, -0.25) is 4.79 Å². The molecular formula is C28H20ClO5P. The van der Waals surface area contributed by atoms with Gasteiger partial charge in [-0.15, -0.1) is 0 Å². The molecule has 4 aromatic carbocycles. The summed E-state index contributed by atoms with van der Waals surface area (Å²) in [6, 6.07) is 26.9. The van der Waals surface area contributed by atoms with Crippen LogP contribution in [0.1, 0.15) is 36.6 Å². The third-order valence-corrected chi connectivity index (χ3v) is 6.56. The molecule has 174 valence electrons. The van der Waals surface area contributed by atoms with E-state index >= 15 is 0 Å². The average Bonchev–Trinajstić information content (AvgIpc) is 2.86. The maximum absolute atomic E-state index is 13.1. The number of aryl methyl sites for hydroxylation is 1. The van der Waals surface area contributed by atoms with Gasteiger partial charge >= 0.3 is 11.9 Å². The summed E-state index contributed by atoms with van der Waals surface area (Å²) in [6.07, 6.45) is 0. The highest BCUT2D eigenvalue weighted by Gasteiger charge is 2.20. The van der Waals surface area contributed by atoms with Crippen molar-refractivity contribution in [3.05, 3.63) is 124 Å². The summed E-state index contributed by atoms with van der Waals surface area (Å²) in [7, 11) is -0.371. The fraction of sp³-hybridized carbons (Fsp3) is 0.0357. The largest absolute Gasteiger partial charge is 0.423 e. The van der Waals surface area contributed by atoms with Gasteiger partial charge in [0.1, 0.15) is 11.5 Å². The van der Waals surface area contributed by atoms with Gasteiger partial charge < -0.3 is 9.47 Å². The molecule has 4 rings (SSSR count). The second-order valence-corrected chi connectivity index (χ2v) is 9.20. The van der Waals surface area contributed by atoms with E-state index in [0.29, 0.717) is 27.0 Å². The lowest BCUT2D eigenvalue weighted by Gasteiger charge is -2.13. The SMILES string of the molecule is Cc1cccc(Cl)c1C(=O)Pc1ccc(OC(=O)c2ccccc2)cc1OC(=O)c1ccccc1. The summed E-state index contributed by atoms with van der Waals surface area (Å²) >= 11 is 6.28. The fourth-order valence-electron chi connectivity index (χ4n) is 3.33. The lowest BCUT2D eigenvalue weighted by Crippen LogP contribution is -2.15. The number of esters is 2. The van der Waals surface area contributed by atoms with Gasteiger partial charge in [0, 0.05) is 16.9 Å². The molecule has 0 aliphatic heterocycles. The fourth-order valence-corrected chi connectivity index (χ4v) is 4.83. The van der Waals surface area contributed by atoms with Crippen molar-refractivity contribution in [1.82, 2.24) is 0 Å². The Kier molecular flexibility index (Phi) is 7.71. The van der Waals surface area contributed by atoms with Crippen molar-refractivity contribution >= 4 is 42.9 Å². The van der Waals surface area contributed by atoms with E-state index in [-0.39, 0.29) is 25.6 Å². The summed E-state index contributed by atoms with van der Waals surface area (Å²) in [5.41, 5.74) is 1.71. The molecule has 7 heteroatoms. The first-order valence-electron chi connectivity index (χ1n) is 10.7. The van der Waals surface area contributed by atoms with Crippen LogP contribution in [-0.4, -0.2) is 17.5 Å². The predicted octanol–water partition coefficient (Wildman–Crippen LogP) is 6.23. The Morgan fingerprint density at radius 2 is 1.31 bits per heavy atom. The zero-order valence-corrected chi connectivity index (χ0v) is 20.4. The number of rotatable bonds is 7. The van der Waals surface area contributed by atoms with Crippen LogP contribution in [0.25, 0.3) is 0 Å². The molecule has 0 fully saturated rings. The summed E-state index contributed by atoms with van der Waals surface area (Å²) < 4.78 is 11.1. The zero-order valence-electron chi connectivity index (χ0n) is 18.7. The van der Waals surface area contributed by atoms with Gasteiger partial charge in [-0.2, -0.15) is 0 Å². The highest BCUT2D eigenvalue weighted by Crippen LogP contribution is 2.32. The van der Waals surface area contributed by atoms with Crippen LogP contribution in [0.3, 0.4) is 0 Å². The van der Waals surface area contributed by atoms with Crippen molar-refractivity contribution in [3.8, 4) is 11.5 Å². The van der Waals surface area contributed by atoms with Crippen LogP contribution >= 0.6 is 20.2 Å². The standard InChI is InChI=1S/C28H20ClO5P/c1-18-9-8-14-22(29)25(18)28(32)35-24-16-15-21(33-26(30)19-10-4-2-5-11-19)17-23(24)34-27(31)20-12-6-3-7-13-20/h2-17,35H,1H3. The van der Waals surface area contributed by atoms with Gasteiger partial charge in [-0.25, -0.2) is 9.59 Å². The Hall–Kier alpha value is -3.79. The summed E-state index contributed by atoms with van der Waals surface area (Å²) in [4.78, 5) is 38.4. The molecule has 0 spiro atoms. The minimum atomic E-state index is -0.593. The Labute approximate surface area is 209 Å². The number of benzene rings is 4. The van der Waals surface area contributed by atoms with E-state index in [1.54, 1.807) is 84.9 Å². The summed E-state index contributed by atoms with van der Waals surface area (Å²) in [5.74, 6) is -0.827. The molecule has 0 heterocycles. The Bertz CT molecular complexity index is 1370. The van der Waals surface area contributed by atoms with Crippen molar-refractivity contribution in [2.24, 2.45) is 0 Å². The number of hydrogen-bond donors (Lipinski definition) is 0. The Balaban J connectivity index is 1.64. The number of hydrogen-bond acceptors (Lipinski definition) is 5. The zero-order chi connectivity index (χ0) is 24.8. The molecule has 1 atom stereocenters. The molecule has 1 unspecified atom stereocenters. The molecule has 0 radical (unpaired) electrons. The minimum absolute atomic E-state index is 0.133. The highest BCUT2D eigenvalue weighted by molar-refractivity contribution is 7.66. The Morgan fingerprint density at radius 3 is 1.91 bits per heavy atom. The molecule has 35 heavy (non-hydrogen) atoms. The molecular weight excluding hydrogens is 483 g/mol. The van der Waals surface area contributed by atoms with E-state index in [1.807, 2.05) is 13.0 Å². The summed E-state index contributed by atoms with van der Waals surface area (Å²) in [6.45, 7) is 1.81. The molecule has 0 N–H and O–H groups in total. The van der Waals surface area contributed by atoms with E-state index in [2.05, 4.69) is 0 Å². The molecule has 0 aliphatic carbocycles. The van der Waals surface area contributed by atoms with Crippen LogP contribution in [0.2, 0.25) is 5.02 Å². The molecule has 0 bridgehead atoms. The van der Waals surface area contributed by atoms with E-state index in [0.717, 1.165) is 5.56 Å². The average molecular weight is 503 g/mol. The van der Waals surface area contributed by atoms with Crippen molar-refractivity contribution < 1.29 is 23.9 Å². The third kappa shape index (κ3) is 6.02. The van der Waals surface area contributed by atoms with Gasteiger partial charge in [0.05, 0.1) is 16.1 Å². The van der Waals surface area contributed by atoms with Gasteiger partial charge in [0.25, 0.3) is 0 Å². The quantitative estimate of drug-likeness (QED) is 0.170. The molecule has 4 aromatic rings.